The molecule has 2 heterocycles. The van der Waals surface area contributed by atoms with Gasteiger partial charge in [0, 0.05) is 18.6 Å². The van der Waals surface area contributed by atoms with Gasteiger partial charge in [-0.2, -0.15) is 13.2 Å². The van der Waals surface area contributed by atoms with E-state index in [0.717, 1.165) is 6.07 Å². The van der Waals surface area contributed by atoms with Gasteiger partial charge in [-0.3, -0.25) is 9.78 Å². The minimum Gasteiger partial charge on any atom is -0.407 e. The van der Waals surface area contributed by atoms with Crippen LogP contribution in [0.2, 0.25) is 0 Å². The number of benzene rings is 1. The average molecular weight is 594 g/mol. The van der Waals surface area contributed by atoms with Crippen LogP contribution in [0.3, 0.4) is 0 Å². The van der Waals surface area contributed by atoms with Gasteiger partial charge in [-0.25, -0.2) is 14.8 Å². The Morgan fingerprint density at radius 1 is 1.08 bits per heavy atom. The molecule has 4 rings (SSSR count). The van der Waals surface area contributed by atoms with Gasteiger partial charge in [0.15, 0.2) is 5.75 Å². The molecule has 0 aliphatic heterocycles. The number of anilines is 3. The fraction of sp³-hybridized carbons (Fsp3) is 0.292. The fourth-order valence-corrected chi connectivity index (χ4v) is 3.77. The molecule has 0 bridgehead atoms. The Labute approximate surface area is 224 Å². The highest BCUT2D eigenvalue weighted by molar-refractivity contribution is 9.10. The molecule has 1 saturated carbocycles. The van der Waals surface area contributed by atoms with Gasteiger partial charge in [0.2, 0.25) is 11.9 Å². The number of aromatic nitrogens is 3. The number of pyridine rings is 1. The maximum Gasteiger partial charge on any atom is 0.418 e. The molecule has 0 radical (unpaired) electrons. The monoisotopic (exact) mass is 593 g/mol. The third-order valence-electron chi connectivity index (χ3n) is 5.57. The Bertz CT molecular complexity index is 1320. The second-order valence-electron chi connectivity index (χ2n) is 8.74. The van der Waals surface area contributed by atoms with Crippen molar-refractivity contribution in [2.75, 3.05) is 24.3 Å². The minimum absolute atomic E-state index is 0.0590. The number of carbonyl (C=O) groups is 2. The van der Waals surface area contributed by atoms with E-state index in [4.69, 9.17) is 4.74 Å². The van der Waals surface area contributed by atoms with Gasteiger partial charge in [-0.15, -0.1) is 0 Å². The minimum atomic E-state index is -4.53. The quantitative estimate of drug-likeness (QED) is 0.351. The Morgan fingerprint density at radius 3 is 2.37 bits per heavy atom. The van der Waals surface area contributed by atoms with E-state index in [1.807, 2.05) is 0 Å². The van der Waals surface area contributed by atoms with Crippen LogP contribution in [0.15, 0.2) is 53.4 Å². The van der Waals surface area contributed by atoms with Crippen LogP contribution in [-0.4, -0.2) is 46.6 Å². The van der Waals surface area contributed by atoms with Crippen molar-refractivity contribution in [3.05, 3.63) is 64.7 Å². The van der Waals surface area contributed by atoms with E-state index in [9.17, 15) is 22.8 Å². The first kappa shape index (κ1) is 27.1. The molecule has 14 heteroatoms. The largest absolute Gasteiger partial charge is 0.418 e. The first-order valence-corrected chi connectivity index (χ1v) is 12.1. The highest BCUT2D eigenvalue weighted by atomic mass is 79.9. The van der Waals surface area contributed by atoms with E-state index in [2.05, 4.69) is 46.8 Å². The predicted molar refractivity (Wildman–Crippen MR) is 136 cm³/mol. The molecule has 3 N–H and O–H groups in total. The average Bonchev–Trinajstić information content (AvgIpc) is 3.64. The molecule has 38 heavy (non-hydrogen) atoms. The van der Waals surface area contributed by atoms with Gasteiger partial charge in [0.25, 0.3) is 0 Å². The molecule has 3 aromatic rings. The Kier molecular flexibility index (Phi) is 7.71. The smallest absolute Gasteiger partial charge is 0.407 e. The van der Waals surface area contributed by atoms with Gasteiger partial charge < -0.3 is 25.6 Å². The lowest BCUT2D eigenvalue weighted by Gasteiger charge is -2.17. The van der Waals surface area contributed by atoms with Crippen molar-refractivity contribution in [3.8, 4) is 5.75 Å². The highest BCUT2D eigenvalue weighted by Crippen LogP contribution is 2.38. The molecule has 0 unspecified atom stereocenters. The maximum absolute atomic E-state index is 13.3. The highest BCUT2D eigenvalue weighted by Gasteiger charge is 2.51. The molecule has 200 valence electrons. The summed E-state index contributed by atoms with van der Waals surface area (Å²) in [5.74, 6) is 0.183. The predicted octanol–water partition coefficient (Wildman–Crippen LogP) is 4.40. The lowest BCUT2D eigenvalue weighted by Crippen LogP contribution is -2.49. The van der Waals surface area contributed by atoms with Crippen LogP contribution in [-0.2, 0) is 17.5 Å². The second-order valence-corrected chi connectivity index (χ2v) is 9.66. The van der Waals surface area contributed by atoms with Crippen molar-refractivity contribution in [2.24, 2.45) is 0 Å². The lowest BCUT2D eigenvalue weighted by atomic mass is 10.1. The molecule has 0 saturated heterocycles. The topological polar surface area (TPSA) is 121 Å². The molecule has 2 amide bonds. The number of alkyl halides is 3. The number of rotatable bonds is 8. The number of nitrogens with one attached hydrogen (secondary N) is 3. The Balaban J connectivity index is 1.30. The zero-order valence-corrected chi connectivity index (χ0v) is 21.9. The summed E-state index contributed by atoms with van der Waals surface area (Å²) in [6, 6.07) is 6.95. The first-order valence-electron chi connectivity index (χ1n) is 11.3. The summed E-state index contributed by atoms with van der Waals surface area (Å²) < 4.78 is 45.5. The van der Waals surface area contributed by atoms with Gasteiger partial charge in [-0.1, -0.05) is 15.9 Å². The number of halogens is 4. The zero-order valence-electron chi connectivity index (χ0n) is 20.3. The van der Waals surface area contributed by atoms with E-state index >= 15 is 0 Å². The summed E-state index contributed by atoms with van der Waals surface area (Å²) in [7, 11) is 3.55. The van der Waals surface area contributed by atoms with E-state index in [1.54, 1.807) is 31.1 Å². The molecule has 10 nitrogen and oxygen atoms in total. The molecular formula is C24H23BrF3N7O3. The van der Waals surface area contributed by atoms with Crippen LogP contribution in [0.25, 0.3) is 0 Å². The fourth-order valence-electron chi connectivity index (χ4n) is 3.41. The molecular weight excluding hydrogens is 571 g/mol. The summed E-state index contributed by atoms with van der Waals surface area (Å²) >= 11 is 3.05. The van der Waals surface area contributed by atoms with Crippen LogP contribution < -0.4 is 25.6 Å². The van der Waals surface area contributed by atoms with Gasteiger partial charge in [-0.05, 0) is 43.2 Å². The van der Waals surface area contributed by atoms with Crippen LogP contribution in [0.5, 0.6) is 5.75 Å². The maximum atomic E-state index is 13.3. The SMILES string of the molecule is CN(C)c1ncc(OC(=O)NC2(C(=O)NCc3ccc(Nc4ccc(Br)cc4C(F)(F)F)cn3)CC2)cn1. The Morgan fingerprint density at radius 2 is 1.79 bits per heavy atom. The number of carbonyl (C=O) groups excluding carboxylic acids is 2. The van der Waals surface area contributed by atoms with Crippen molar-refractivity contribution in [2.45, 2.75) is 31.1 Å². The van der Waals surface area contributed by atoms with Crippen molar-refractivity contribution < 1.29 is 27.5 Å². The van der Waals surface area contributed by atoms with Crippen molar-refractivity contribution in [3.63, 3.8) is 0 Å². The van der Waals surface area contributed by atoms with Crippen LogP contribution in [0.1, 0.15) is 24.1 Å². The molecule has 1 aromatic carbocycles. The summed E-state index contributed by atoms with van der Waals surface area (Å²) in [4.78, 5) is 39.0. The standard InChI is InChI=1S/C24H23BrF3N7O3/c1-35(2)21-31-12-17(13-32-21)38-22(37)34-23(7-8-23)20(36)30-10-15-4-5-16(11-29-15)33-19-6-3-14(25)9-18(19)24(26,27)28/h3-6,9,11-13,33H,7-8,10H2,1-2H3,(H,30,36)(H,34,37). The van der Waals surface area contributed by atoms with E-state index in [0.29, 0.717) is 34.6 Å². The Hall–Kier alpha value is -3.94. The number of nitrogens with zero attached hydrogens (tertiary/aromatic N) is 4. The molecule has 1 fully saturated rings. The third-order valence-corrected chi connectivity index (χ3v) is 6.07. The summed E-state index contributed by atoms with van der Waals surface area (Å²) in [6.45, 7) is 0.0590. The number of amides is 2. The normalized spacial score (nSPS) is 13.8. The number of hydrogen-bond donors (Lipinski definition) is 3. The lowest BCUT2D eigenvalue weighted by molar-refractivity contribution is -0.137. The molecule has 1 aliphatic rings. The van der Waals surface area contributed by atoms with Gasteiger partial charge in [0.1, 0.15) is 5.54 Å². The first-order chi connectivity index (χ1) is 17.9. The molecule has 0 atom stereocenters. The second kappa shape index (κ2) is 10.8. The van der Waals surface area contributed by atoms with Crippen molar-refractivity contribution in [1.82, 2.24) is 25.6 Å². The van der Waals surface area contributed by atoms with Gasteiger partial charge >= 0.3 is 12.3 Å². The summed E-state index contributed by atoms with van der Waals surface area (Å²) in [5, 5.41) is 8.02. The summed E-state index contributed by atoms with van der Waals surface area (Å²) in [5.41, 5.74) is -1.19. The zero-order chi connectivity index (χ0) is 27.5. The van der Waals surface area contributed by atoms with Crippen LogP contribution in [0, 0.1) is 0 Å². The molecule has 0 spiro atoms. The molecule has 2 aromatic heterocycles. The van der Waals surface area contributed by atoms with Crippen LogP contribution >= 0.6 is 15.9 Å². The van der Waals surface area contributed by atoms with E-state index in [1.165, 1.54) is 30.7 Å². The van der Waals surface area contributed by atoms with Crippen LogP contribution in [0.4, 0.5) is 35.3 Å². The van der Waals surface area contributed by atoms with E-state index < -0.39 is 29.3 Å². The van der Waals surface area contributed by atoms with Crippen molar-refractivity contribution >= 4 is 45.3 Å². The van der Waals surface area contributed by atoms with Gasteiger partial charge in [0.05, 0.1) is 47.8 Å². The number of ether oxygens (including phenoxy) is 1. The van der Waals surface area contributed by atoms with E-state index in [-0.39, 0.29) is 18.0 Å². The third kappa shape index (κ3) is 6.68. The number of hydrogen-bond acceptors (Lipinski definition) is 8. The summed E-state index contributed by atoms with van der Waals surface area (Å²) in [6.07, 6.45) is -0.384. The van der Waals surface area contributed by atoms with Crippen molar-refractivity contribution in [1.29, 1.82) is 0 Å². The molecule has 1 aliphatic carbocycles.